The third kappa shape index (κ3) is 3.61. The first-order valence-corrected chi connectivity index (χ1v) is 7.56. The van der Waals surface area contributed by atoms with E-state index in [4.69, 9.17) is 11.6 Å². The second kappa shape index (κ2) is 7.06. The average molecular weight is 355 g/mol. The molecule has 8 heteroatoms. The number of rotatable bonds is 4. The summed E-state index contributed by atoms with van der Waals surface area (Å²) >= 11 is 6.08. The van der Waals surface area contributed by atoms with Gasteiger partial charge in [-0.3, -0.25) is 24.9 Å². The summed E-state index contributed by atoms with van der Waals surface area (Å²) in [5.41, 5.74) is 1.26. The molecule has 2 heterocycles. The van der Waals surface area contributed by atoms with Crippen LogP contribution < -0.4 is 5.32 Å². The minimum Gasteiger partial charge on any atom is -0.315 e. The fourth-order valence-electron chi connectivity index (χ4n) is 2.19. The molecule has 0 radical (unpaired) electrons. The number of nitro benzene ring substituents is 1. The van der Waals surface area contributed by atoms with Gasteiger partial charge in [-0.05, 0) is 30.3 Å². The van der Waals surface area contributed by atoms with Gasteiger partial charge in [0.05, 0.1) is 15.6 Å². The van der Waals surface area contributed by atoms with Gasteiger partial charge in [-0.2, -0.15) is 0 Å². The molecule has 0 spiro atoms. The van der Waals surface area contributed by atoms with Crippen molar-refractivity contribution in [2.24, 2.45) is 0 Å². The molecular weight excluding hydrogens is 344 g/mol. The molecule has 1 N–H and O–H groups in total. The Bertz CT molecular complexity index is 945. The van der Waals surface area contributed by atoms with E-state index < -0.39 is 10.8 Å². The smallest absolute Gasteiger partial charge is 0.292 e. The summed E-state index contributed by atoms with van der Waals surface area (Å²) in [5, 5.41) is 14.0. The highest BCUT2D eigenvalue weighted by atomic mass is 35.5. The van der Waals surface area contributed by atoms with Crippen LogP contribution in [0, 0.1) is 10.1 Å². The number of anilines is 1. The molecule has 0 aliphatic carbocycles. The van der Waals surface area contributed by atoms with Crippen molar-refractivity contribution in [2.45, 2.75) is 0 Å². The van der Waals surface area contributed by atoms with Gasteiger partial charge >= 0.3 is 0 Å². The van der Waals surface area contributed by atoms with E-state index in [0.29, 0.717) is 16.3 Å². The van der Waals surface area contributed by atoms with Gasteiger partial charge in [0, 0.05) is 24.0 Å². The van der Waals surface area contributed by atoms with Gasteiger partial charge in [-0.1, -0.05) is 23.7 Å². The molecule has 7 nitrogen and oxygen atoms in total. The Balaban J connectivity index is 1.83. The Morgan fingerprint density at radius 1 is 1.08 bits per heavy atom. The molecule has 0 saturated carbocycles. The number of hydrogen-bond donors (Lipinski definition) is 1. The number of halogens is 1. The Morgan fingerprint density at radius 2 is 1.88 bits per heavy atom. The van der Waals surface area contributed by atoms with Gasteiger partial charge in [-0.15, -0.1) is 0 Å². The number of hydrogen-bond acceptors (Lipinski definition) is 5. The van der Waals surface area contributed by atoms with Crippen molar-refractivity contribution < 1.29 is 9.72 Å². The Kier molecular flexibility index (Phi) is 4.67. The Morgan fingerprint density at radius 3 is 2.56 bits per heavy atom. The summed E-state index contributed by atoms with van der Waals surface area (Å²) in [7, 11) is 0. The maximum Gasteiger partial charge on any atom is 0.292 e. The molecule has 3 rings (SSSR count). The van der Waals surface area contributed by atoms with Crippen LogP contribution in [-0.2, 0) is 0 Å². The first-order chi connectivity index (χ1) is 12.1. The maximum absolute atomic E-state index is 12.3. The van der Waals surface area contributed by atoms with E-state index in [1.165, 1.54) is 30.5 Å². The number of aromatic nitrogens is 2. The van der Waals surface area contributed by atoms with Crippen molar-refractivity contribution in [1.29, 1.82) is 0 Å². The lowest BCUT2D eigenvalue weighted by atomic mass is 10.1. The molecule has 0 aliphatic rings. The number of nitrogens with one attached hydrogen (secondary N) is 1. The number of amides is 1. The highest BCUT2D eigenvalue weighted by molar-refractivity contribution is 6.33. The van der Waals surface area contributed by atoms with Crippen LogP contribution in [0.1, 0.15) is 10.5 Å². The van der Waals surface area contributed by atoms with E-state index in [1.807, 2.05) is 0 Å². The molecule has 124 valence electrons. The number of pyridine rings is 2. The molecule has 1 amide bonds. The molecule has 0 unspecified atom stereocenters. The Hall–Kier alpha value is -3.32. The Labute approximate surface area is 147 Å². The quantitative estimate of drug-likeness (QED) is 0.565. The topological polar surface area (TPSA) is 98.0 Å². The number of nitro groups is 1. The molecule has 25 heavy (non-hydrogen) atoms. The van der Waals surface area contributed by atoms with Gasteiger partial charge in [-0.25, -0.2) is 0 Å². The van der Waals surface area contributed by atoms with Gasteiger partial charge in [0.2, 0.25) is 0 Å². The van der Waals surface area contributed by atoms with Crippen LogP contribution in [0.15, 0.2) is 60.9 Å². The van der Waals surface area contributed by atoms with E-state index in [2.05, 4.69) is 15.3 Å². The molecule has 0 atom stereocenters. The van der Waals surface area contributed by atoms with Crippen LogP contribution in [0.2, 0.25) is 5.02 Å². The second-order valence-electron chi connectivity index (χ2n) is 4.99. The fourth-order valence-corrected chi connectivity index (χ4v) is 2.42. The number of benzene rings is 1. The van der Waals surface area contributed by atoms with Crippen LogP contribution in [0.3, 0.4) is 0 Å². The zero-order valence-corrected chi connectivity index (χ0v) is 13.5. The molecule has 0 fully saturated rings. The highest BCUT2D eigenvalue weighted by Gasteiger charge is 2.16. The summed E-state index contributed by atoms with van der Waals surface area (Å²) < 4.78 is 0. The van der Waals surface area contributed by atoms with E-state index in [0.717, 1.165) is 0 Å². The molecule has 0 bridgehead atoms. The molecule has 2 aromatic heterocycles. The van der Waals surface area contributed by atoms with Crippen LogP contribution >= 0.6 is 11.6 Å². The molecule has 0 saturated heterocycles. The zero-order chi connectivity index (χ0) is 17.8. The largest absolute Gasteiger partial charge is 0.315 e. The third-order valence-electron chi connectivity index (χ3n) is 3.38. The summed E-state index contributed by atoms with van der Waals surface area (Å²) in [6, 6.07) is 12.5. The molecule has 3 aromatic rings. The lowest BCUT2D eigenvalue weighted by Gasteiger charge is -2.06. The summed E-state index contributed by atoms with van der Waals surface area (Å²) in [5.74, 6) is -0.548. The van der Waals surface area contributed by atoms with E-state index >= 15 is 0 Å². The molecule has 1 aromatic carbocycles. The van der Waals surface area contributed by atoms with Crippen molar-refractivity contribution in [1.82, 2.24) is 9.97 Å². The number of para-hydroxylation sites is 2. The first kappa shape index (κ1) is 16.5. The normalized spacial score (nSPS) is 10.3. The number of nitrogens with zero attached hydrogens (tertiary/aromatic N) is 3. The molecule has 0 aliphatic heterocycles. The second-order valence-corrected chi connectivity index (χ2v) is 5.40. The fraction of sp³-hybridized carbons (Fsp3) is 0. The minimum absolute atomic E-state index is 0.108. The summed E-state index contributed by atoms with van der Waals surface area (Å²) in [6.07, 6.45) is 3.08. The van der Waals surface area contributed by atoms with Gasteiger partial charge < -0.3 is 5.32 Å². The van der Waals surface area contributed by atoms with Crippen LogP contribution in [0.5, 0.6) is 0 Å². The van der Waals surface area contributed by atoms with Crippen molar-refractivity contribution in [3.63, 3.8) is 0 Å². The van der Waals surface area contributed by atoms with Crippen molar-refractivity contribution in [3.05, 3.63) is 81.8 Å². The van der Waals surface area contributed by atoms with Crippen molar-refractivity contribution >= 4 is 28.9 Å². The highest BCUT2D eigenvalue weighted by Crippen LogP contribution is 2.25. The lowest BCUT2D eigenvalue weighted by molar-refractivity contribution is -0.383. The zero-order valence-electron chi connectivity index (χ0n) is 12.7. The van der Waals surface area contributed by atoms with Crippen LogP contribution in [-0.4, -0.2) is 20.8 Å². The third-order valence-corrected chi connectivity index (χ3v) is 3.68. The van der Waals surface area contributed by atoms with E-state index in [1.54, 1.807) is 30.5 Å². The van der Waals surface area contributed by atoms with Gasteiger partial charge in [0.1, 0.15) is 11.4 Å². The van der Waals surface area contributed by atoms with Crippen molar-refractivity contribution in [2.75, 3.05) is 5.32 Å². The standard InChI is InChI=1S/C17H11ClN4O3/c18-12-4-3-9-19-16(12)11-7-8-14(20-10-11)17(23)21-13-5-1-2-6-15(13)22(24)25/h1-10H,(H,21,23). The maximum atomic E-state index is 12.3. The van der Waals surface area contributed by atoms with Crippen LogP contribution in [0.4, 0.5) is 11.4 Å². The average Bonchev–Trinajstić information content (AvgIpc) is 2.62. The van der Waals surface area contributed by atoms with Crippen molar-refractivity contribution in [3.8, 4) is 11.3 Å². The predicted octanol–water partition coefficient (Wildman–Crippen LogP) is 3.96. The predicted molar refractivity (Wildman–Crippen MR) is 93.5 cm³/mol. The molecular formula is C17H11ClN4O3. The first-order valence-electron chi connectivity index (χ1n) is 7.18. The van der Waals surface area contributed by atoms with E-state index in [-0.39, 0.29) is 17.1 Å². The monoisotopic (exact) mass is 354 g/mol. The number of carbonyl (C=O) groups is 1. The van der Waals surface area contributed by atoms with E-state index in [9.17, 15) is 14.9 Å². The SMILES string of the molecule is O=C(Nc1ccccc1[N+](=O)[O-])c1ccc(-c2ncccc2Cl)cn1. The van der Waals surface area contributed by atoms with Crippen LogP contribution in [0.25, 0.3) is 11.3 Å². The summed E-state index contributed by atoms with van der Waals surface area (Å²) in [6.45, 7) is 0. The minimum atomic E-state index is -0.560. The number of carbonyl (C=O) groups excluding carboxylic acids is 1. The summed E-state index contributed by atoms with van der Waals surface area (Å²) in [4.78, 5) is 31.0. The van der Waals surface area contributed by atoms with Gasteiger partial charge in [0.25, 0.3) is 11.6 Å². The van der Waals surface area contributed by atoms with Gasteiger partial charge in [0.15, 0.2) is 0 Å². The lowest BCUT2D eigenvalue weighted by Crippen LogP contribution is -2.14.